The molecule has 0 aromatic heterocycles. The Labute approximate surface area is 106 Å². The van der Waals surface area contributed by atoms with Crippen molar-refractivity contribution in [3.63, 3.8) is 0 Å². The molecule has 1 atom stereocenters. The summed E-state index contributed by atoms with van der Waals surface area (Å²) in [7, 11) is 0. The van der Waals surface area contributed by atoms with Crippen LogP contribution in [0.1, 0.15) is 19.4 Å². The largest absolute Gasteiger partial charge is 0.465 e. The zero-order chi connectivity index (χ0) is 13.2. The Morgan fingerprint density at radius 2 is 2.11 bits per heavy atom. The zero-order valence-electron chi connectivity index (χ0n) is 10.5. The van der Waals surface area contributed by atoms with Crippen LogP contribution in [0.3, 0.4) is 0 Å². The van der Waals surface area contributed by atoms with E-state index in [1.807, 2.05) is 42.5 Å². The quantitative estimate of drug-likeness (QED) is 0.874. The van der Waals surface area contributed by atoms with Gasteiger partial charge in [-0.05, 0) is 19.4 Å². The van der Waals surface area contributed by atoms with Crippen molar-refractivity contribution in [3.8, 4) is 0 Å². The lowest BCUT2D eigenvalue weighted by molar-refractivity contribution is -0.0409. The standard InChI is InChI=1S/C14H17NO3/c1-14(2)15(13(16)17)12(10-18-14)9-8-11-6-4-3-5-7-11/h3-9,12H,10H2,1-2H3,(H,16,17). The second-order valence-electron chi connectivity index (χ2n) is 4.75. The minimum atomic E-state index is -0.958. The Balaban J connectivity index is 2.15. The van der Waals surface area contributed by atoms with Gasteiger partial charge in [0.1, 0.15) is 5.72 Å². The molecule has 1 saturated heterocycles. The summed E-state index contributed by atoms with van der Waals surface area (Å²) >= 11 is 0. The Morgan fingerprint density at radius 1 is 1.44 bits per heavy atom. The van der Waals surface area contributed by atoms with Crippen LogP contribution in [0.25, 0.3) is 6.08 Å². The molecule has 1 aliphatic rings. The molecule has 18 heavy (non-hydrogen) atoms. The van der Waals surface area contributed by atoms with Gasteiger partial charge < -0.3 is 9.84 Å². The topological polar surface area (TPSA) is 49.8 Å². The number of ether oxygens (including phenoxy) is 1. The Bertz CT molecular complexity index is 453. The molecule has 1 unspecified atom stereocenters. The van der Waals surface area contributed by atoms with Crippen LogP contribution in [-0.2, 0) is 4.74 Å². The molecule has 1 amide bonds. The number of hydrogen-bond acceptors (Lipinski definition) is 2. The zero-order valence-corrected chi connectivity index (χ0v) is 10.5. The fourth-order valence-corrected chi connectivity index (χ4v) is 2.13. The van der Waals surface area contributed by atoms with Gasteiger partial charge in [0.25, 0.3) is 0 Å². The molecule has 0 spiro atoms. The second-order valence-corrected chi connectivity index (χ2v) is 4.75. The van der Waals surface area contributed by atoms with Gasteiger partial charge in [0.15, 0.2) is 0 Å². The molecule has 2 rings (SSSR count). The van der Waals surface area contributed by atoms with Crippen molar-refractivity contribution in [1.29, 1.82) is 0 Å². The maximum absolute atomic E-state index is 11.3. The van der Waals surface area contributed by atoms with E-state index in [0.717, 1.165) is 5.56 Å². The lowest BCUT2D eigenvalue weighted by Crippen LogP contribution is -2.46. The van der Waals surface area contributed by atoms with E-state index in [1.165, 1.54) is 4.90 Å². The summed E-state index contributed by atoms with van der Waals surface area (Å²) in [5.74, 6) is 0. The van der Waals surface area contributed by atoms with E-state index in [2.05, 4.69) is 0 Å². The minimum absolute atomic E-state index is 0.238. The molecule has 1 aliphatic heterocycles. The van der Waals surface area contributed by atoms with E-state index in [9.17, 15) is 9.90 Å². The number of carboxylic acid groups (broad SMARTS) is 1. The van der Waals surface area contributed by atoms with E-state index in [1.54, 1.807) is 13.8 Å². The number of amides is 1. The smallest absolute Gasteiger partial charge is 0.410 e. The van der Waals surface area contributed by atoms with Gasteiger partial charge in [0.05, 0.1) is 12.6 Å². The average Bonchev–Trinajstić information content (AvgIpc) is 2.63. The molecule has 1 fully saturated rings. The molecular formula is C14H17NO3. The number of carbonyl (C=O) groups is 1. The van der Waals surface area contributed by atoms with E-state index >= 15 is 0 Å². The maximum Gasteiger partial charge on any atom is 0.410 e. The minimum Gasteiger partial charge on any atom is -0.465 e. The summed E-state index contributed by atoms with van der Waals surface area (Å²) < 4.78 is 5.51. The van der Waals surface area contributed by atoms with Gasteiger partial charge in [0, 0.05) is 0 Å². The first kappa shape index (κ1) is 12.6. The highest BCUT2D eigenvalue weighted by Gasteiger charge is 2.42. The van der Waals surface area contributed by atoms with Crippen LogP contribution in [0, 0.1) is 0 Å². The predicted molar refractivity (Wildman–Crippen MR) is 69.2 cm³/mol. The van der Waals surface area contributed by atoms with Crippen molar-refractivity contribution in [2.45, 2.75) is 25.6 Å². The molecule has 1 aromatic carbocycles. The van der Waals surface area contributed by atoms with Crippen LogP contribution in [0.4, 0.5) is 4.79 Å². The molecule has 1 heterocycles. The molecule has 1 N–H and O–H groups in total. The third-order valence-corrected chi connectivity index (χ3v) is 3.04. The van der Waals surface area contributed by atoms with Crippen LogP contribution in [0.2, 0.25) is 0 Å². The van der Waals surface area contributed by atoms with Gasteiger partial charge in [-0.1, -0.05) is 42.5 Å². The van der Waals surface area contributed by atoms with Crippen molar-refractivity contribution in [3.05, 3.63) is 42.0 Å². The lowest BCUT2D eigenvalue weighted by Gasteiger charge is -2.29. The molecule has 4 nitrogen and oxygen atoms in total. The van der Waals surface area contributed by atoms with Crippen molar-refractivity contribution in [2.24, 2.45) is 0 Å². The van der Waals surface area contributed by atoms with Crippen LogP contribution in [0.5, 0.6) is 0 Å². The van der Waals surface area contributed by atoms with E-state index in [4.69, 9.17) is 4.74 Å². The van der Waals surface area contributed by atoms with Gasteiger partial charge >= 0.3 is 6.09 Å². The number of hydrogen-bond donors (Lipinski definition) is 1. The SMILES string of the molecule is CC1(C)OCC(C=Cc2ccccc2)N1C(=O)O. The van der Waals surface area contributed by atoms with Gasteiger partial charge in [-0.15, -0.1) is 0 Å². The van der Waals surface area contributed by atoms with Crippen LogP contribution in [0.15, 0.2) is 36.4 Å². The first-order valence-corrected chi connectivity index (χ1v) is 5.90. The Kier molecular flexibility index (Phi) is 3.39. The molecule has 0 saturated carbocycles. The first-order valence-electron chi connectivity index (χ1n) is 5.90. The molecule has 96 valence electrons. The van der Waals surface area contributed by atoms with Crippen molar-refractivity contribution in [1.82, 2.24) is 4.90 Å². The van der Waals surface area contributed by atoms with Crippen LogP contribution >= 0.6 is 0 Å². The second kappa shape index (κ2) is 4.82. The van der Waals surface area contributed by atoms with Crippen molar-refractivity contribution >= 4 is 12.2 Å². The summed E-state index contributed by atoms with van der Waals surface area (Å²) in [5.41, 5.74) is 0.282. The van der Waals surface area contributed by atoms with Gasteiger partial charge in [0.2, 0.25) is 0 Å². The first-order chi connectivity index (χ1) is 8.50. The highest BCUT2D eigenvalue weighted by molar-refractivity contribution is 5.67. The molecule has 0 aliphatic carbocycles. The number of nitrogens with zero attached hydrogens (tertiary/aromatic N) is 1. The predicted octanol–water partition coefficient (Wildman–Crippen LogP) is 2.81. The van der Waals surface area contributed by atoms with E-state index < -0.39 is 11.8 Å². The highest BCUT2D eigenvalue weighted by atomic mass is 16.5. The van der Waals surface area contributed by atoms with Crippen molar-refractivity contribution in [2.75, 3.05) is 6.61 Å². The van der Waals surface area contributed by atoms with Gasteiger partial charge in [-0.3, -0.25) is 4.90 Å². The lowest BCUT2D eigenvalue weighted by atomic mass is 10.1. The molecule has 1 aromatic rings. The number of benzene rings is 1. The molecule has 0 bridgehead atoms. The van der Waals surface area contributed by atoms with Crippen LogP contribution < -0.4 is 0 Å². The normalized spacial score (nSPS) is 22.6. The highest BCUT2D eigenvalue weighted by Crippen LogP contribution is 2.28. The Hall–Kier alpha value is -1.81. The molecule has 0 radical (unpaired) electrons. The summed E-state index contributed by atoms with van der Waals surface area (Å²) in [6.45, 7) is 3.91. The van der Waals surface area contributed by atoms with Gasteiger partial charge in [-0.2, -0.15) is 0 Å². The Morgan fingerprint density at radius 3 is 2.72 bits per heavy atom. The molecule has 4 heteroatoms. The molecular weight excluding hydrogens is 230 g/mol. The average molecular weight is 247 g/mol. The van der Waals surface area contributed by atoms with Gasteiger partial charge in [-0.25, -0.2) is 4.79 Å². The summed E-state index contributed by atoms with van der Waals surface area (Å²) in [6, 6.07) is 9.55. The van der Waals surface area contributed by atoms with Crippen molar-refractivity contribution < 1.29 is 14.6 Å². The van der Waals surface area contributed by atoms with Crippen LogP contribution in [-0.4, -0.2) is 34.5 Å². The third kappa shape index (κ3) is 2.54. The maximum atomic E-state index is 11.3. The summed E-state index contributed by atoms with van der Waals surface area (Å²) in [4.78, 5) is 12.6. The summed E-state index contributed by atoms with van der Waals surface area (Å²) in [6.07, 6.45) is 2.84. The number of rotatable bonds is 2. The summed E-state index contributed by atoms with van der Waals surface area (Å²) in [5, 5.41) is 9.23. The third-order valence-electron chi connectivity index (χ3n) is 3.04. The monoisotopic (exact) mass is 247 g/mol. The fraction of sp³-hybridized carbons (Fsp3) is 0.357. The van der Waals surface area contributed by atoms with E-state index in [-0.39, 0.29) is 6.04 Å². The van der Waals surface area contributed by atoms with E-state index in [0.29, 0.717) is 6.61 Å². The fourth-order valence-electron chi connectivity index (χ4n) is 2.13.